The standard InChI is InChI=1S/C10H14NO3P/c1-15(2,14)8-11(13)10(12)9-6-4-3-5-7-9/h3-7,13H,8H2,1-2H3. The monoisotopic (exact) mass is 227 g/mol. The van der Waals surface area contributed by atoms with Crippen LogP contribution >= 0.6 is 7.14 Å². The molecule has 1 rings (SSSR count). The highest BCUT2D eigenvalue weighted by Gasteiger charge is 2.18. The summed E-state index contributed by atoms with van der Waals surface area (Å²) in [7, 11) is -2.44. The van der Waals surface area contributed by atoms with Crippen molar-refractivity contribution in [2.75, 3.05) is 19.6 Å². The van der Waals surface area contributed by atoms with Gasteiger partial charge >= 0.3 is 0 Å². The van der Waals surface area contributed by atoms with E-state index in [1.807, 2.05) is 0 Å². The highest BCUT2D eigenvalue weighted by atomic mass is 31.2. The van der Waals surface area contributed by atoms with E-state index in [2.05, 4.69) is 0 Å². The van der Waals surface area contributed by atoms with E-state index in [0.29, 0.717) is 10.6 Å². The number of rotatable bonds is 3. The predicted octanol–water partition coefficient (Wildman–Crippen LogP) is 2.10. The molecule has 0 heterocycles. The molecule has 0 saturated carbocycles. The Balaban J connectivity index is 2.74. The molecular formula is C10H14NO3P. The van der Waals surface area contributed by atoms with Gasteiger partial charge in [-0.25, -0.2) is 5.06 Å². The molecule has 4 nitrogen and oxygen atoms in total. The third-order valence-electron chi connectivity index (χ3n) is 1.73. The van der Waals surface area contributed by atoms with E-state index >= 15 is 0 Å². The lowest BCUT2D eigenvalue weighted by Crippen LogP contribution is -2.28. The molecular weight excluding hydrogens is 213 g/mol. The van der Waals surface area contributed by atoms with Crippen LogP contribution in [0.25, 0.3) is 0 Å². The molecule has 1 N–H and O–H groups in total. The highest BCUT2D eigenvalue weighted by molar-refractivity contribution is 7.62. The molecule has 1 aromatic rings. The molecule has 0 atom stereocenters. The molecule has 0 aliphatic rings. The van der Waals surface area contributed by atoms with Crippen molar-refractivity contribution in [2.45, 2.75) is 0 Å². The number of amides is 1. The number of benzene rings is 1. The van der Waals surface area contributed by atoms with Crippen LogP contribution in [0.2, 0.25) is 0 Å². The van der Waals surface area contributed by atoms with E-state index < -0.39 is 13.0 Å². The predicted molar refractivity (Wildman–Crippen MR) is 58.7 cm³/mol. The molecule has 0 fully saturated rings. The summed E-state index contributed by atoms with van der Waals surface area (Å²) < 4.78 is 11.4. The second-order valence-corrected chi connectivity index (χ2v) is 7.22. The van der Waals surface area contributed by atoms with Crippen molar-refractivity contribution < 1.29 is 14.6 Å². The van der Waals surface area contributed by atoms with Crippen molar-refractivity contribution in [3.63, 3.8) is 0 Å². The van der Waals surface area contributed by atoms with Gasteiger partial charge in [0.25, 0.3) is 5.91 Å². The molecule has 0 unspecified atom stereocenters. The van der Waals surface area contributed by atoms with Crippen LogP contribution in [0.3, 0.4) is 0 Å². The molecule has 0 aliphatic heterocycles. The van der Waals surface area contributed by atoms with E-state index in [1.165, 1.54) is 13.3 Å². The third-order valence-corrected chi connectivity index (χ3v) is 2.68. The Labute approximate surface area is 88.9 Å². The summed E-state index contributed by atoms with van der Waals surface area (Å²) in [5.41, 5.74) is 0.383. The van der Waals surface area contributed by atoms with Gasteiger partial charge in [0.05, 0.1) is 0 Å². The first-order valence-corrected chi connectivity index (χ1v) is 7.28. The number of carbonyl (C=O) groups is 1. The van der Waals surface area contributed by atoms with E-state index in [-0.39, 0.29) is 6.29 Å². The molecule has 82 valence electrons. The van der Waals surface area contributed by atoms with Crippen molar-refractivity contribution in [3.8, 4) is 0 Å². The Morgan fingerprint density at radius 2 is 1.87 bits per heavy atom. The lowest BCUT2D eigenvalue weighted by Gasteiger charge is -2.17. The Morgan fingerprint density at radius 3 is 2.33 bits per heavy atom. The first-order valence-electron chi connectivity index (χ1n) is 4.50. The summed E-state index contributed by atoms with van der Waals surface area (Å²) in [5, 5.41) is 9.93. The van der Waals surface area contributed by atoms with Crippen LogP contribution in [0.4, 0.5) is 0 Å². The zero-order valence-electron chi connectivity index (χ0n) is 8.75. The Bertz CT molecular complexity index is 385. The maximum Gasteiger partial charge on any atom is 0.277 e. The molecule has 1 amide bonds. The summed E-state index contributed by atoms with van der Waals surface area (Å²) >= 11 is 0. The fraction of sp³-hybridized carbons (Fsp3) is 0.300. The minimum absolute atomic E-state index is 0.124. The van der Waals surface area contributed by atoms with Gasteiger partial charge in [-0.1, -0.05) is 18.2 Å². The van der Waals surface area contributed by atoms with Crippen LogP contribution in [0, 0.1) is 0 Å². The van der Waals surface area contributed by atoms with Crippen molar-refractivity contribution in [1.29, 1.82) is 0 Å². The van der Waals surface area contributed by atoms with E-state index in [4.69, 9.17) is 0 Å². The average Bonchev–Trinajstić information content (AvgIpc) is 2.15. The van der Waals surface area contributed by atoms with Crippen LogP contribution in [0.1, 0.15) is 10.4 Å². The smallest absolute Gasteiger partial charge is 0.277 e. The number of hydrogen-bond donors (Lipinski definition) is 1. The van der Waals surface area contributed by atoms with Crippen LogP contribution in [-0.4, -0.2) is 35.8 Å². The second-order valence-electron chi connectivity index (χ2n) is 3.79. The van der Waals surface area contributed by atoms with Gasteiger partial charge in [-0.2, -0.15) is 0 Å². The minimum atomic E-state index is -2.44. The van der Waals surface area contributed by atoms with Crippen LogP contribution < -0.4 is 0 Å². The summed E-state index contributed by atoms with van der Waals surface area (Å²) in [6, 6.07) is 8.39. The molecule has 0 aliphatic carbocycles. The fourth-order valence-electron chi connectivity index (χ4n) is 1.12. The topological polar surface area (TPSA) is 57.6 Å². The molecule has 0 saturated heterocycles. The lowest BCUT2D eigenvalue weighted by atomic mass is 10.2. The van der Waals surface area contributed by atoms with Crippen LogP contribution in [0.5, 0.6) is 0 Å². The molecule has 5 heteroatoms. The van der Waals surface area contributed by atoms with Gasteiger partial charge in [-0.05, 0) is 25.5 Å². The number of nitrogens with zero attached hydrogens (tertiary/aromatic N) is 1. The molecule has 0 bridgehead atoms. The summed E-state index contributed by atoms with van der Waals surface area (Å²) in [5.74, 6) is -0.528. The minimum Gasteiger partial charge on any atom is -0.322 e. The van der Waals surface area contributed by atoms with Gasteiger partial charge in [0.2, 0.25) is 0 Å². The fourth-order valence-corrected chi connectivity index (χ4v) is 1.89. The van der Waals surface area contributed by atoms with Gasteiger partial charge in [-0.15, -0.1) is 0 Å². The first-order chi connectivity index (χ1) is 6.90. The molecule has 15 heavy (non-hydrogen) atoms. The molecule has 1 aromatic carbocycles. The number of hydroxylamine groups is 2. The third kappa shape index (κ3) is 3.86. The largest absolute Gasteiger partial charge is 0.322 e. The quantitative estimate of drug-likeness (QED) is 0.488. The molecule has 0 aromatic heterocycles. The van der Waals surface area contributed by atoms with Gasteiger partial charge in [0.15, 0.2) is 0 Å². The Hall–Kier alpha value is -1.12. The van der Waals surface area contributed by atoms with Crippen LogP contribution in [-0.2, 0) is 4.57 Å². The van der Waals surface area contributed by atoms with E-state index in [0.717, 1.165) is 0 Å². The number of hydrogen-bond acceptors (Lipinski definition) is 3. The van der Waals surface area contributed by atoms with E-state index in [1.54, 1.807) is 30.3 Å². The zero-order valence-corrected chi connectivity index (χ0v) is 9.65. The Kier molecular flexibility index (Phi) is 3.66. The second kappa shape index (κ2) is 4.60. The highest BCUT2D eigenvalue weighted by Crippen LogP contribution is 2.36. The van der Waals surface area contributed by atoms with Crippen molar-refractivity contribution >= 4 is 13.0 Å². The first kappa shape index (κ1) is 12.0. The maximum absolute atomic E-state index is 11.6. The molecule has 0 radical (unpaired) electrons. The van der Waals surface area contributed by atoms with Crippen molar-refractivity contribution in [1.82, 2.24) is 5.06 Å². The maximum atomic E-state index is 11.6. The van der Waals surface area contributed by atoms with Gasteiger partial charge in [0, 0.05) is 5.56 Å². The zero-order chi connectivity index (χ0) is 11.5. The van der Waals surface area contributed by atoms with Gasteiger partial charge in [-0.3, -0.25) is 10.0 Å². The summed E-state index contributed by atoms with van der Waals surface area (Å²) in [6.07, 6.45) is -0.124. The van der Waals surface area contributed by atoms with Gasteiger partial charge in [0.1, 0.15) is 13.4 Å². The Morgan fingerprint density at radius 1 is 1.33 bits per heavy atom. The SMILES string of the molecule is CP(C)(=O)CN(O)C(=O)c1ccccc1. The summed E-state index contributed by atoms with van der Waals surface area (Å²) in [4.78, 5) is 11.6. The van der Waals surface area contributed by atoms with E-state index in [9.17, 15) is 14.6 Å². The normalized spacial score (nSPS) is 11.1. The summed E-state index contributed by atoms with van der Waals surface area (Å²) in [6.45, 7) is 3.04. The van der Waals surface area contributed by atoms with Crippen LogP contribution in [0.15, 0.2) is 30.3 Å². The lowest BCUT2D eigenvalue weighted by molar-refractivity contribution is -0.0444. The van der Waals surface area contributed by atoms with Crippen molar-refractivity contribution in [3.05, 3.63) is 35.9 Å². The average molecular weight is 227 g/mol. The van der Waals surface area contributed by atoms with Crippen molar-refractivity contribution in [2.24, 2.45) is 0 Å². The van der Waals surface area contributed by atoms with Gasteiger partial charge < -0.3 is 4.57 Å². The molecule has 0 spiro atoms. The number of carbonyl (C=O) groups excluding carboxylic acids is 1.